The number of hydrogen-bond acceptors (Lipinski definition) is 6. The molecule has 1 atom stereocenters. The monoisotopic (exact) mass is 238 g/mol. The van der Waals surface area contributed by atoms with E-state index in [4.69, 9.17) is 4.42 Å². The molecule has 86 valence electrons. The first-order chi connectivity index (χ1) is 7.65. The first-order valence-electron chi connectivity index (χ1n) is 5.09. The van der Waals surface area contributed by atoms with E-state index in [9.17, 15) is 0 Å². The molecule has 6 heteroatoms. The molecule has 0 aromatic carbocycles. The van der Waals surface area contributed by atoms with Gasteiger partial charge in [-0.05, 0) is 13.8 Å². The summed E-state index contributed by atoms with van der Waals surface area (Å²) in [4.78, 5) is 4.42. The molecule has 0 bridgehead atoms. The lowest BCUT2D eigenvalue weighted by atomic mass is 10.3. The zero-order chi connectivity index (χ0) is 11.5. The zero-order valence-electron chi connectivity index (χ0n) is 9.52. The van der Waals surface area contributed by atoms with Crippen LogP contribution >= 0.6 is 11.3 Å². The van der Waals surface area contributed by atoms with Gasteiger partial charge >= 0.3 is 0 Å². The summed E-state index contributed by atoms with van der Waals surface area (Å²) in [5.41, 5.74) is 1.06. The van der Waals surface area contributed by atoms with Crippen LogP contribution in [0.25, 0.3) is 0 Å². The molecule has 0 amide bonds. The third kappa shape index (κ3) is 2.65. The minimum absolute atomic E-state index is 0.200. The number of aromatic nitrogens is 3. The molecule has 16 heavy (non-hydrogen) atoms. The molecule has 0 radical (unpaired) electrons. The molecule has 2 aromatic rings. The Morgan fingerprint density at radius 2 is 2.25 bits per heavy atom. The van der Waals surface area contributed by atoms with Gasteiger partial charge in [-0.25, -0.2) is 4.98 Å². The van der Waals surface area contributed by atoms with Gasteiger partial charge in [-0.15, -0.1) is 21.5 Å². The quantitative estimate of drug-likeness (QED) is 0.882. The van der Waals surface area contributed by atoms with Crippen molar-refractivity contribution in [1.82, 2.24) is 20.5 Å². The van der Waals surface area contributed by atoms with Gasteiger partial charge in [0.2, 0.25) is 11.8 Å². The van der Waals surface area contributed by atoms with Crippen molar-refractivity contribution in [2.24, 2.45) is 0 Å². The Labute approximate surface area is 97.9 Å². The topological polar surface area (TPSA) is 63.8 Å². The van der Waals surface area contributed by atoms with Gasteiger partial charge in [-0.3, -0.25) is 5.32 Å². The number of thiazole rings is 1. The number of rotatable bonds is 4. The van der Waals surface area contributed by atoms with Crippen molar-refractivity contribution in [3.05, 3.63) is 27.9 Å². The molecule has 1 N–H and O–H groups in total. The number of nitrogens with zero attached hydrogens (tertiary/aromatic N) is 3. The van der Waals surface area contributed by atoms with Crippen LogP contribution in [0.1, 0.15) is 35.4 Å². The molecule has 0 aliphatic heterocycles. The van der Waals surface area contributed by atoms with E-state index < -0.39 is 0 Å². The van der Waals surface area contributed by atoms with E-state index in [2.05, 4.69) is 27.4 Å². The Balaban J connectivity index is 1.91. The van der Waals surface area contributed by atoms with Crippen LogP contribution in [0.5, 0.6) is 0 Å². The van der Waals surface area contributed by atoms with Crippen LogP contribution in [0, 0.1) is 13.8 Å². The highest BCUT2D eigenvalue weighted by atomic mass is 32.1. The molecule has 5 nitrogen and oxygen atoms in total. The average molecular weight is 238 g/mol. The highest BCUT2D eigenvalue weighted by Crippen LogP contribution is 2.17. The molecule has 2 rings (SSSR count). The fourth-order valence-electron chi connectivity index (χ4n) is 1.31. The van der Waals surface area contributed by atoms with E-state index in [1.807, 2.05) is 12.3 Å². The minimum Gasteiger partial charge on any atom is -0.424 e. The Morgan fingerprint density at radius 3 is 2.81 bits per heavy atom. The second kappa shape index (κ2) is 4.71. The second-order valence-corrected chi connectivity index (χ2v) is 4.53. The van der Waals surface area contributed by atoms with E-state index in [1.54, 1.807) is 18.3 Å². The van der Waals surface area contributed by atoms with E-state index in [0.717, 1.165) is 10.7 Å². The van der Waals surface area contributed by atoms with Crippen LogP contribution in [-0.4, -0.2) is 15.2 Å². The molecule has 0 aliphatic rings. The van der Waals surface area contributed by atoms with Crippen molar-refractivity contribution in [3.8, 4) is 0 Å². The van der Waals surface area contributed by atoms with Gasteiger partial charge < -0.3 is 4.42 Å². The molecule has 0 saturated carbocycles. The lowest BCUT2D eigenvalue weighted by Gasteiger charge is -2.08. The highest BCUT2D eigenvalue weighted by molar-refractivity contribution is 7.09. The van der Waals surface area contributed by atoms with Crippen molar-refractivity contribution >= 4 is 11.3 Å². The maximum atomic E-state index is 5.27. The van der Waals surface area contributed by atoms with Crippen molar-refractivity contribution in [2.75, 3.05) is 0 Å². The average Bonchev–Trinajstić information content (AvgIpc) is 2.84. The SMILES string of the molecule is Cc1csc(C(C)NCc2nnc(C)o2)n1. The lowest BCUT2D eigenvalue weighted by Crippen LogP contribution is -2.18. The van der Waals surface area contributed by atoms with E-state index in [0.29, 0.717) is 18.3 Å². The predicted octanol–water partition coefficient (Wildman–Crippen LogP) is 1.99. The Hall–Kier alpha value is -1.27. The van der Waals surface area contributed by atoms with E-state index in [-0.39, 0.29) is 6.04 Å². The van der Waals surface area contributed by atoms with E-state index in [1.165, 1.54) is 0 Å². The maximum Gasteiger partial charge on any atom is 0.230 e. The van der Waals surface area contributed by atoms with Crippen molar-refractivity contribution in [2.45, 2.75) is 33.4 Å². The first kappa shape index (κ1) is 11.2. The van der Waals surface area contributed by atoms with Crippen molar-refractivity contribution in [3.63, 3.8) is 0 Å². The smallest absolute Gasteiger partial charge is 0.230 e. The van der Waals surface area contributed by atoms with Crippen LogP contribution < -0.4 is 5.32 Å². The summed E-state index contributed by atoms with van der Waals surface area (Å²) in [6, 6.07) is 0.200. The molecule has 2 aromatic heterocycles. The molecule has 0 fully saturated rings. The van der Waals surface area contributed by atoms with Gasteiger partial charge in [-0.1, -0.05) is 0 Å². The zero-order valence-corrected chi connectivity index (χ0v) is 10.3. The summed E-state index contributed by atoms with van der Waals surface area (Å²) in [6.45, 7) is 6.42. The van der Waals surface area contributed by atoms with Gasteiger partial charge in [0.15, 0.2) is 0 Å². The Bertz CT molecular complexity index is 465. The van der Waals surface area contributed by atoms with Gasteiger partial charge in [0, 0.05) is 18.0 Å². The summed E-state index contributed by atoms with van der Waals surface area (Å²) in [5, 5.41) is 14.1. The predicted molar refractivity (Wildman–Crippen MR) is 61.1 cm³/mol. The number of hydrogen-bond donors (Lipinski definition) is 1. The summed E-state index contributed by atoms with van der Waals surface area (Å²) < 4.78 is 5.27. The van der Waals surface area contributed by atoms with Crippen LogP contribution in [0.2, 0.25) is 0 Å². The highest BCUT2D eigenvalue weighted by Gasteiger charge is 2.10. The normalized spacial score (nSPS) is 12.9. The van der Waals surface area contributed by atoms with E-state index >= 15 is 0 Å². The fraction of sp³-hybridized carbons (Fsp3) is 0.500. The summed E-state index contributed by atoms with van der Waals surface area (Å²) in [7, 11) is 0. The Kier molecular flexibility index (Phi) is 3.31. The maximum absolute atomic E-state index is 5.27. The molecule has 0 saturated heterocycles. The van der Waals surface area contributed by atoms with Gasteiger partial charge in [0.05, 0.1) is 12.6 Å². The van der Waals surface area contributed by atoms with Crippen LogP contribution in [-0.2, 0) is 6.54 Å². The van der Waals surface area contributed by atoms with Gasteiger partial charge in [0.1, 0.15) is 5.01 Å². The molecule has 0 aliphatic carbocycles. The van der Waals surface area contributed by atoms with Gasteiger partial charge in [0.25, 0.3) is 0 Å². The number of nitrogens with one attached hydrogen (secondary N) is 1. The van der Waals surface area contributed by atoms with Crippen LogP contribution in [0.4, 0.5) is 0 Å². The first-order valence-corrected chi connectivity index (χ1v) is 5.97. The number of aryl methyl sites for hydroxylation is 2. The fourth-order valence-corrected chi connectivity index (χ4v) is 2.14. The third-order valence-electron chi connectivity index (χ3n) is 2.13. The summed E-state index contributed by atoms with van der Waals surface area (Å²) in [6.07, 6.45) is 0. The molecule has 2 heterocycles. The van der Waals surface area contributed by atoms with Gasteiger partial charge in [-0.2, -0.15) is 0 Å². The second-order valence-electron chi connectivity index (χ2n) is 3.64. The molecule has 0 spiro atoms. The summed E-state index contributed by atoms with van der Waals surface area (Å²) >= 11 is 1.66. The summed E-state index contributed by atoms with van der Waals surface area (Å²) in [5.74, 6) is 1.20. The minimum atomic E-state index is 0.200. The van der Waals surface area contributed by atoms with Crippen molar-refractivity contribution in [1.29, 1.82) is 0 Å². The Morgan fingerprint density at radius 1 is 1.44 bits per heavy atom. The largest absolute Gasteiger partial charge is 0.424 e. The van der Waals surface area contributed by atoms with Crippen LogP contribution in [0.15, 0.2) is 9.80 Å². The lowest BCUT2D eigenvalue weighted by molar-refractivity contribution is 0.430. The van der Waals surface area contributed by atoms with Crippen LogP contribution in [0.3, 0.4) is 0 Å². The molecular formula is C10H14N4OS. The molecule has 1 unspecified atom stereocenters. The van der Waals surface area contributed by atoms with Crippen molar-refractivity contribution < 1.29 is 4.42 Å². The molecular weight excluding hydrogens is 224 g/mol. The standard InChI is InChI=1S/C10H14N4OS/c1-6-5-16-10(12-6)7(2)11-4-9-14-13-8(3)15-9/h5,7,11H,4H2,1-3H3. The third-order valence-corrected chi connectivity index (χ3v) is 3.28.